The lowest BCUT2D eigenvalue weighted by atomic mass is 10.0. The summed E-state index contributed by atoms with van der Waals surface area (Å²) >= 11 is 0. The van der Waals surface area contributed by atoms with Crippen molar-refractivity contribution >= 4 is 10.8 Å². The van der Waals surface area contributed by atoms with Gasteiger partial charge in [0.2, 0.25) is 0 Å². The van der Waals surface area contributed by atoms with Gasteiger partial charge in [0.15, 0.2) is 0 Å². The van der Waals surface area contributed by atoms with Crippen molar-refractivity contribution in [2.75, 3.05) is 26.9 Å². The van der Waals surface area contributed by atoms with Gasteiger partial charge in [-0.3, -0.25) is 0 Å². The molecule has 0 unspecified atom stereocenters. The molecule has 0 aromatic heterocycles. The Hall–Kier alpha value is -2.02. The minimum absolute atomic E-state index is 0.156. The van der Waals surface area contributed by atoms with Crippen molar-refractivity contribution in [3.8, 4) is 17.6 Å². The molecule has 0 radical (unpaired) electrons. The summed E-state index contributed by atoms with van der Waals surface area (Å²) in [5.74, 6) is 6.49. The van der Waals surface area contributed by atoms with E-state index in [0.29, 0.717) is 6.61 Å². The molecule has 0 saturated heterocycles. The molecule has 3 heteroatoms. The summed E-state index contributed by atoms with van der Waals surface area (Å²) in [5, 5.41) is 11.1. The van der Waals surface area contributed by atoms with E-state index in [1.165, 1.54) is 0 Å². The molecule has 2 rings (SSSR count). The fourth-order valence-corrected chi connectivity index (χ4v) is 2.16. The molecular formula is C18H20O3. The Morgan fingerprint density at radius 3 is 2.67 bits per heavy atom. The second-order valence-electron chi connectivity index (χ2n) is 4.67. The summed E-state index contributed by atoms with van der Waals surface area (Å²) in [7, 11) is 1.70. The van der Waals surface area contributed by atoms with Crippen molar-refractivity contribution in [3.63, 3.8) is 0 Å². The predicted molar refractivity (Wildman–Crippen MR) is 84.5 cm³/mol. The number of hydrogen-bond acceptors (Lipinski definition) is 3. The Morgan fingerprint density at radius 1 is 1.05 bits per heavy atom. The monoisotopic (exact) mass is 284 g/mol. The molecule has 0 aliphatic rings. The quantitative estimate of drug-likeness (QED) is 0.654. The number of fused-ring (bicyclic) bond motifs is 1. The summed E-state index contributed by atoms with van der Waals surface area (Å²) in [6.45, 7) is 1.23. The minimum Gasteiger partial charge on any atom is -0.492 e. The highest BCUT2D eigenvalue weighted by Gasteiger charge is 2.06. The second kappa shape index (κ2) is 8.31. The SMILES string of the molecule is COCCCCOc1ccc2ccccc2c1C#CCO. The van der Waals surface area contributed by atoms with Crippen molar-refractivity contribution in [2.24, 2.45) is 0 Å². The Bertz CT molecular complexity index is 638. The van der Waals surface area contributed by atoms with Gasteiger partial charge in [0.25, 0.3) is 0 Å². The van der Waals surface area contributed by atoms with Gasteiger partial charge >= 0.3 is 0 Å². The second-order valence-corrected chi connectivity index (χ2v) is 4.67. The van der Waals surface area contributed by atoms with Crippen LogP contribution in [0.15, 0.2) is 36.4 Å². The molecule has 0 aliphatic heterocycles. The first kappa shape index (κ1) is 15.4. The molecule has 0 heterocycles. The third-order valence-corrected chi connectivity index (χ3v) is 3.18. The lowest BCUT2D eigenvalue weighted by Crippen LogP contribution is -2.01. The lowest BCUT2D eigenvalue weighted by molar-refractivity contribution is 0.184. The summed E-state index contributed by atoms with van der Waals surface area (Å²) in [6, 6.07) is 12.0. The largest absolute Gasteiger partial charge is 0.492 e. The van der Waals surface area contributed by atoms with E-state index in [1.807, 2.05) is 36.4 Å². The van der Waals surface area contributed by atoms with E-state index >= 15 is 0 Å². The molecule has 1 N–H and O–H groups in total. The van der Waals surface area contributed by atoms with Gasteiger partial charge in [0.05, 0.1) is 12.2 Å². The van der Waals surface area contributed by atoms with Crippen LogP contribution in [-0.2, 0) is 4.74 Å². The summed E-state index contributed by atoms with van der Waals surface area (Å²) < 4.78 is 10.9. The third kappa shape index (κ3) is 4.22. The summed E-state index contributed by atoms with van der Waals surface area (Å²) in [5.41, 5.74) is 0.842. The van der Waals surface area contributed by atoms with Crippen molar-refractivity contribution in [3.05, 3.63) is 42.0 Å². The number of methoxy groups -OCH3 is 1. The van der Waals surface area contributed by atoms with Gasteiger partial charge in [-0.05, 0) is 24.3 Å². The van der Waals surface area contributed by atoms with Gasteiger partial charge in [0.1, 0.15) is 12.4 Å². The number of rotatable bonds is 6. The molecule has 21 heavy (non-hydrogen) atoms. The molecular weight excluding hydrogens is 264 g/mol. The maximum Gasteiger partial charge on any atom is 0.135 e. The van der Waals surface area contributed by atoms with Crippen LogP contribution in [0.4, 0.5) is 0 Å². The molecule has 0 amide bonds. The standard InChI is InChI=1S/C18H20O3/c1-20-13-4-5-14-21-18-11-10-15-7-2-3-8-16(15)17(18)9-6-12-19/h2-3,7-8,10-11,19H,4-5,12-14H2,1H3. The topological polar surface area (TPSA) is 38.7 Å². The van der Waals surface area contributed by atoms with Crippen LogP contribution >= 0.6 is 0 Å². The molecule has 0 bridgehead atoms. The number of aliphatic hydroxyl groups excluding tert-OH is 1. The number of hydrogen-bond donors (Lipinski definition) is 1. The van der Waals surface area contributed by atoms with E-state index in [-0.39, 0.29) is 6.61 Å². The van der Waals surface area contributed by atoms with Crippen LogP contribution < -0.4 is 4.74 Å². The van der Waals surface area contributed by atoms with E-state index in [9.17, 15) is 0 Å². The highest BCUT2D eigenvalue weighted by Crippen LogP contribution is 2.27. The number of ether oxygens (including phenoxy) is 2. The van der Waals surface area contributed by atoms with E-state index in [1.54, 1.807) is 7.11 Å². The van der Waals surface area contributed by atoms with Gasteiger partial charge in [-0.2, -0.15) is 0 Å². The molecule has 0 atom stereocenters. The van der Waals surface area contributed by atoms with Gasteiger partial charge in [-0.1, -0.05) is 42.2 Å². The molecule has 0 aliphatic carbocycles. The summed E-state index contributed by atoms with van der Waals surface area (Å²) in [6.07, 6.45) is 1.91. The molecule has 110 valence electrons. The Labute approximate surface area is 125 Å². The highest BCUT2D eigenvalue weighted by atomic mass is 16.5. The van der Waals surface area contributed by atoms with Crippen molar-refractivity contribution in [1.82, 2.24) is 0 Å². The zero-order valence-corrected chi connectivity index (χ0v) is 12.3. The Morgan fingerprint density at radius 2 is 1.86 bits per heavy atom. The molecule has 2 aromatic rings. The van der Waals surface area contributed by atoms with Gasteiger partial charge in [0, 0.05) is 19.1 Å². The fourth-order valence-electron chi connectivity index (χ4n) is 2.16. The van der Waals surface area contributed by atoms with Crippen LogP contribution in [0.25, 0.3) is 10.8 Å². The smallest absolute Gasteiger partial charge is 0.135 e. The molecule has 0 spiro atoms. The van der Waals surface area contributed by atoms with Crippen LogP contribution in [0.5, 0.6) is 5.75 Å². The van der Waals surface area contributed by atoms with Crippen molar-refractivity contribution < 1.29 is 14.6 Å². The zero-order valence-electron chi connectivity index (χ0n) is 12.3. The third-order valence-electron chi connectivity index (χ3n) is 3.18. The first-order valence-corrected chi connectivity index (χ1v) is 7.10. The van der Waals surface area contributed by atoms with Crippen molar-refractivity contribution in [2.45, 2.75) is 12.8 Å². The lowest BCUT2D eigenvalue weighted by Gasteiger charge is -2.10. The van der Waals surface area contributed by atoms with Crippen LogP contribution in [0.3, 0.4) is 0 Å². The molecule has 0 saturated carbocycles. The Balaban J connectivity index is 2.21. The van der Waals surface area contributed by atoms with Gasteiger partial charge in [-0.15, -0.1) is 0 Å². The first-order valence-electron chi connectivity index (χ1n) is 7.10. The van der Waals surface area contributed by atoms with Crippen LogP contribution in [0.1, 0.15) is 18.4 Å². The minimum atomic E-state index is -0.156. The maximum atomic E-state index is 8.94. The Kier molecular flexibility index (Phi) is 6.08. The van der Waals surface area contributed by atoms with Crippen LogP contribution in [0, 0.1) is 11.8 Å². The van der Waals surface area contributed by atoms with Crippen molar-refractivity contribution in [1.29, 1.82) is 0 Å². The molecule has 3 nitrogen and oxygen atoms in total. The van der Waals surface area contributed by atoms with Gasteiger partial charge in [-0.25, -0.2) is 0 Å². The van der Waals surface area contributed by atoms with E-state index in [2.05, 4.69) is 11.8 Å². The highest BCUT2D eigenvalue weighted by molar-refractivity contribution is 5.90. The zero-order chi connectivity index (χ0) is 14.9. The van der Waals surface area contributed by atoms with Crippen LogP contribution in [-0.4, -0.2) is 32.0 Å². The predicted octanol–water partition coefficient (Wildman–Crippen LogP) is 2.99. The molecule has 2 aromatic carbocycles. The first-order chi connectivity index (χ1) is 10.4. The van der Waals surface area contributed by atoms with E-state index < -0.39 is 0 Å². The van der Waals surface area contributed by atoms with Crippen LogP contribution in [0.2, 0.25) is 0 Å². The van der Waals surface area contributed by atoms with E-state index in [0.717, 1.165) is 41.5 Å². The average Bonchev–Trinajstić information content (AvgIpc) is 2.53. The van der Waals surface area contributed by atoms with Gasteiger partial charge < -0.3 is 14.6 Å². The number of unbranched alkanes of at least 4 members (excludes halogenated alkanes) is 1. The normalized spacial score (nSPS) is 10.2. The number of benzene rings is 2. The average molecular weight is 284 g/mol. The maximum absolute atomic E-state index is 8.94. The van der Waals surface area contributed by atoms with E-state index in [4.69, 9.17) is 14.6 Å². The summed E-state index contributed by atoms with van der Waals surface area (Å²) in [4.78, 5) is 0. The molecule has 0 fully saturated rings. The fraction of sp³-hybridized carbons (Fsp3) is 0.333. The number of aliphatic hydroxyl groups is 1.